The number of aromatic nitrogens is 2. The van der Waals surface area contributed by atoms with Gasteiger partial charge >= 0.3 is 0 Å². The third kappa shape index (κ3) is 3.03. The molecular weight excluding hydrogens is 290 g/mol. The van der Waals surface area contributed by atoms with Crippen LogP contribution in [0.4, 0.5) is 0 Å². The van der Waals surface area contributed by atoms with Gasteiger partial charge in [0.05, 0.1) is 17.0 Å². The average molecular weight is 311 g/mol. The molecule has 1 aromatic rings. The maximum absolute atomic E-state index is 12.4. The van der Waals surface area contributed by atoms with Crippen LogP contribution in [0, 0.1) is 0 Å². The standard InChI is InChI=1S/C14H21N3O3S/c1-10(2)20-14-12-5-7-17(21(18,19)11-3-4-11)8-6-13(12)15-9-16-14/h9-11H,3-8H2,1-2H3. The summed E-state index contributed by atoms with van der Waals surface area (Å²) in [5.41, 5.74) is 1.87. The van der Waals surface area contributed by atoms with Gasteiger partial charge in [-0.15, -0.1) is 0 Å². The van der Waals surface area contributed by atoms with Gasteiger partial charge in [0.15, 0.2) is 0 Å². The van der Waals surface area contributed by atoms with Crippen molar-refractivity contribution in [2.75, 3.05) is 13.1 Å². The van der Waals surface area contributed by atoms with Gasteiger partial charge in [0.1, 0.15) is 6.33 Å². The van der Waals surface area contributed by atoms with Gasteiger partial charge in [-0.3, -0.25) is 0 Å². The van der Waals surface area contributed by atoms with E-state index in [2.05, 4.69) is 9.97 Å². The van der Waals surface area contributed by atoms with Crippen LogP contribution in [-0.2, 0) is 22.9 Å². The van der Waals surface area contributed by atoms with Gasteiger partial charge < -0.3 is 4.74 Å². The zero-order chi connectivity index (χ0) is 15.0. The van der Waals surface area contributed by atoms with Crippen molar-refractivity contribution in [3.8, 4) is 5.88 Å². The molecule has 21 heavy (non-hydrogen) atoms. The fraction of sp³-hybridized carbons (Fsp3) is 0.714. The van der Waals surface area contributed by atoms with Crippen molar-refractivity contribution in [2.45, 2.75) is 50.9 Å². The molecule has 2 aliphatic rings. The molecule has 0 radical (unpaired) electrons. The molecule has 116 valence electrons. The lowest BCUT2D eigenvalue weighted by molar-refractivity contribution is 0.229. The van der Waals surface area contributed by atoms with Gasteiger partial charge in [-0.2, -0.15) is 0 Å². The summed E-state index contributed by atoms with van der Waals surface area (Å²) in [7, 11) is -3.12. The summed E-state index contributed by atoms with van der Waals surface area (Å²) in [5, 5.41) is -0.156. The van der Waals surface area contributed by atoms with E-state index in [0.717, 1.165) is 24.1 Å². The molecule has 0 saturated heterocycles. The number of sulfonamides is 1. The van der Waals surface area contributed by atoms with E-state index in [1.165, 1.54) is 6.33 Å². The molecule has 1 fully saturated rings. The van der Waals surface area contributed by atoms with E-state index in [0.29, 0.717) is 31.8 Å². The molecule has 6 nitrogen and oxygen atoms in total. The first-order valence-corrected chi connectivity index (χ1v) is 8.97. The number of hydrogen-bond acceptors (Lipinski definition) is 5. The highest BCUT2D eigenvalue weighted by molar-refractivity contribution is 7.90. The Morgan fingerprint density at radius 2 is 1.95 bits per heavy atom. The van der Waals surface area contributed by atoms with E-state index in [1.807, 2.05) is 13.8 Å². The smallest absolute Gasteiger partial charge is 0.220 e. The van der Waals surface area contributed by atoms with Crippen LogP contribution >= 0.6 is 0 Å². The molecule has 0 atom stereocenters. The van der Waals surface area contributed by atoms with Gasteiger partial charge in [-0.1, -0.05) is 0 Å². The fourth-order valence-corrected chi connectivity index (χ4v) is 4.48. The summed E-state index contributed by atoms with van der Waals surface area (Å²) in [5.74, 6) is 0.598. The SMILES string of the molecule is CC(C)Oc1ncnc2c1CCN(S(=O)(=O)C1CC1)CC2. The zero-order valence-corrected chi connectivity index (χ0v) is 13.3. The molecule has 7 heteroatoms. The number of hydrogen-bond donors (Lipinski definition) is 0. The number of nitrogens with zero attached hydrogens (tertiary/aromatic N) is 3. The zero-order valence-electron chi connectivity index (χ0n) is 12.4. The molecule has 1 aliphatic heterocycles. The molecule has 0 bridgehead atoms. The van der Waals surface area contributed by atoms with Gasteiger partial charge in [-0.25, -0.2) is 22.7 Å². The Hall–Kier alpha value is -1.21. The minimum Gasteiger partial charge on any atom is -0.475 e. The molecular formula is C14H21N3O3S. The Bertz CT molecular complexity index is 626. The van der Waals surface area contributed by atoms with Crippen LogP contribution in [0.3, 0.4) is 0 Å². The van der Waals surface area contributed by atoms with E-state index >= 15 is 0 Å². The summed E-state index contributed by atoms with van der Waals surface area (Å²) in [6.45, 7) is 4.90. The van der Waals surface area contributed by atoms with Crippen LogP contribution in [0.1, 0.15) is 37.9 Å². The van der Waals surface area contributed by atoms with E-state index in [1.54, 1.807) is 4.31 Å². The fourth-order valence-electron chi connectivity index (χ4n) is 2.63. The van der Waals surface area contributed by atoms with Crippen LogP contribution in [0.5, 0.6) is 5.88 Å². The summed E-state index contributed by atoms with van der Waals surface area (Å²) in [4.78, 5) is 8.52. The van der Waals surface area contributed by atoms with Crippen molar-refractivity contribution in [3.05, 3.63) is 17.6 Å². The van der Waals surface area contributed by atoms with Crippen molar-refractivity contribution < 1.29 is 13.2 Å². The van der Waals surface area contributed by atoms with Crippen molar-refractivity contribution in [1.82, 2.24) is 14.3 Å². The van der Waals surface area contributed by atoms with Crippen LogP contribution < -0.4 is 4.74 Å². The first-order valence-electron chi connectivity index (χ1n) is 7.47. The Balaban J connectivity index is 1.82. The monoisotopic (exact) mass is 311 g/mol. The first-order chi connectivity index (χ1) is 9.98. The second-order valence-corrected chi connectivity index (χ2v) is 8.13. The Morgan fingerprint density at radius 1 is 1.24 bits per heavy atom. The topological polar surface area (TPSA) is 72.4 Å². The molecule has 0 amide bonds. The second-order valence-electron chi connectivity index (χ2n) is 5.91. The van der Waals surface area contributed by atoms with Crippen molar-refractivity contribution >= 4 is 10.0 Å². The molecule has 0 aromatic carbocycles. The largest absolute Gasteiger partial charge is 0.475 e. The second kappa shape index (κ2) is 5.53. The molecule has 2 heterocycles. The Kier molecular flexibility index (Phi) is 3.88. The summed E-state index contributed by atoms with van der Waals surface area (Å²) >= 11 is 0. The van der Waals surface area contributed by atoms with E-state index in [4.69, 9.17) is 4.74 Å². The maximum atomic E-state index is 12.4. The van der Waals surface area contributed by atoms with Gasteiger partial charge in [-0.05, 0) is 33.1 Å². The van der Waals surface area contributed by atoms with Crippen molar-refractivity contribution in [3.63, 3.8) is 0 Å². The van der Waals surface area contributed by atoms with Gasteiger partial charge in [0.2, 0.25) is 15.9 Å². The van der Waals surface area contributed by atoms with E-state index < -0.39 is 10.0 Å². The molecule has 3 rings (SSSR count). The van der Waals surface area contributed by atoms with Gasteiger partial charge in [0, 0.05) is 25.1 Å². The summed E-state index contributed by atoms with van der Waals surface area (Å²) in [6, 6.07) is 0. The number of ether oxygens (including phenoxy) is 1. The molecule has 0 N–H and O–H groups in total. The van der Waals surface area contributed by atoms with Crippen LogP contribution in [0.25, 0.3) is 0 Å². The lowest BCUT2D eigenvalue weighted by Gasteiger charge is -2.19. The van der Waals surface area contributed by atoms with Crippen LogP contribution in [0.2, 0.25) is 0 Å². The Labute approximate surface area is 125 Å². The molecule has 0 spiro atoms. The van der Waals surface area contributed by atoms with E-state index in [9.17, 15) is 8.42 Å². The van der Waals surface area contributed by atoms with Crippen molar-refractivity contribution in [2.24, 2.45) is 0 Å². The normalized spacial score (nSPS) is 20.1. The number of rotatable bonds is 4. The predicted molar refractivity (Wildman–Crippen MR) is 78.7 cm³/mol. The van der Waals surface area contributed by atoms with Crippen LogP contribution in [-0.4, -0.2) is 47.1 Å². The molecule has 1 saturated carbocycles. The lowest BCUT2D eigenvalue weighted by atomic mass is 10.1. The van der Waals surface area contributed by atoms with Crippen molar-refractivity contribution in [1.29, 1.82) is 0 Å². The highest BCUT2D eigenvalue weighted by Gasteiger charge is 2.40. The van der Waals surface area contributed by atoms with Gasteiger partial charge in [0.25, 0.3) is 0 Å². The minimum absolute atomic E-state index is 0.0403. The Morgan fingerprint density at radius 3 is 2.62 bits per heavy atom. The average Bonchev–Trinajstić information content (AvgIpc) is 3.25. The summed E-state index contributed by atoms with van der Waals surface area (Å²) < 4.78 is 32.1. The predicted octanol–water partition coefficient (Wildman–Crippen LogP) is 1.16. The molecule has 1 aliphatic carbocycles. The minimum atomic E-state index is -3.12. The third-order valence-electron chi connectivity index (χ3n) is 3.86. The van der Waals surface area contributed by atoms with E-state index in [-0.39, 0.29) is 11.4 Å². The molecule has 0 unspecified atom stereocenters. The lowest BCUT2D eigenvalue weighted by Crippen LogP contribution is -2.35. The quantitative estimate of drug-likeness (QED) is 0.834. The molecule has 1 aromatic heterocycles. The maximum Gasteiger partial charge on any atom is 0.220 e. The first kappa shape index (κ1) is 14.7. The highest BCUT2D eigenvalue weighted by atomic mass is 32.2. The van der Waals surface area contributed by atoms with Crippen LogP contribution in [0.15, 0.2) is 6.33 Å². The third-order valence-corrected chi connectivity index (χ3v) is 6.26. The highest BCUT2D eigenvalue weighted by Crippen LogP contribution is 2.32. The number of fused-ring (bicyclic) bond motifs is 1. The summed E-state index contributed by atoms with van der Waals surface area (Å²) in [6.07, 6.45) is 4.38.